The number of hydrogen-bond donors (Lipinski definition) is 0. The second kappa shape index (κ2) is 8.25. The van der Waals surface area contributed by atoms with Crippen LogP contribution in [-0.2, 0) is 22.5 Å². The minimum atomic E-state index is -0.122. The molecule has 1 aromatic carbocycles. The maximum Gasteiger partial charge on any atom is 0.306 e. The van der Waals surface area contributed by atoms with Crippen LogP contribution in [0.15, 0.2) is 48.8 Å². The van der Waals surface area contributed by atoms with Crippen LogP contribution in [0.1, 0.15) is 25.3 Å². The van der Waals surface area contributed by atoms with Gasteiger partial charge in [-0.3, -0.25) is 9.48 Å². The van der Waals surface area contributed by atoms with Crippen molar-refractivity contribution in [3.8, 4) is 0 Å². The summed E-state index contributed by atoms with van der Waals surface area (Å²) in [7, 11) is 0. The molecule has 0 aliphatic rings. The van der Waals surface area contributed by atoms with Crippen molar-refractivity contribution in [3.63, 3.8) is 0 Å². The molecule has 0 amide bonds. The van der Waals surface area contributed by atoms with Crippen molar-refractivity contribution in [2.24, 2.45) is 5.92 Å². The summed E-state index contributed by atoms with van der Waals surface area (Å²) >= 11 is 0. The number of esters is 1. The Morgan fingerprint density at radius 3 is 2.81 bits per heavy atom. The number of nitrogens with zero attached hydrogens (tertiary/aromatic N) is 2. The van der Waals surface area contributed by atoms with Gasteiger partial charge in [-0.2, -0.15) is 5.10 Å². The lowest BCUT2D eigenvalue weighted by molar-refractivity contribution is -0.145. The van der Waals surface area contributed by atoms with Gasteiger partial charge in [0, 0.05) is 18.8 Å². The van der Waals surface area contributed by atoms with Crippen LogP contribution in [0.25, 0.3) is 0 Å². The van der Waals surface area contributed by atoms with Crippen LogP contribution in [0.5, 0.6) is 0 Å². The molecule has 0 N–H and O–H groups in total. The molecule has 112 valence electrons. The summed E-state index contributed by atoms with van der Waals surface area (Å²) < 4.78 is 6.99. The molecule has 1 unspecified atom stereocenters. The van der Waals surface area contributed by atoms with Crippen molar-refractivity contribution in [3.05, 3.63) is 54.4 Å². The average molecular weight is 286 g/mol. The van der Waals surface area contributed by atoms with E-state index in [2.05, 4.69) is 24.2 Å². The number of aryl methyl sites for hydroxylation is 1. The molecule has 2 aromatic rings. The van der Waals surface area contributed by atoms with E-state index in [4.69, 9.17) is 4.74 Å². The summed E-state index contributed by atoms with van der Waals surface area (Å²) in [4.78, 5) is 11.7. The molecule has 0 fully saturated rings. The zero-order valence-electron chi connectivity index (χ0n) is 12.4. The van der Waals surface area contributed by atoms with Crippen LogP contribution in [0.2, 0.25) is 0 Å². The largest absolute Gasteiger partial charge is 0.464 e. The van der Waals surface area contributed by atoms with E-state index in [1.807, 2.05) is 30.5 Å². The Morgan fingerprint density at radius 2 is 2.10 bits per heavy atom. The molecule has 0 radical (unpaired) electrons. The molecule has 0 spiro atoms. The molecule has 21 heavy (non-hydrogen) atoms. The second-order valence-electron chi connectivity index (χ2n) is 5.32. The van der Waals surface area contributed by atoms with Gasteiger partial charge in [-0.1, -0.05) is 37.3 Å². The van der Waals surface area contributed by atoms with E-state index in [0.29, 0.717) is 25.5 Å². The number of aromatic nitrogens is 2. The maximum absolute atomic E-state index is 11.7. The van der Waals surface area contributed by atoms with Crippen LogP contribution in [0.4, 0.5) is 0 Å². The molecule has 1 heterocycles. The molecular formula is C17H22N2O2. The van der Waals surface area contributed by atoms with Crippen molar-refractivity contribution in [1.82, 2.24) is 9.78 Å². The fourth-order valence-corrected chi connectivity index (χ4v) is 2.19. The summed E-state index contributed by atoms with van der Waals surface area (Å²) in [6.45, 7) is 3.08. The molecular weight excluding hydrogens is 264 g/mol. The third-order valence-corrected chi connectivity index (χ3v) is 3.43. The molecule has 1 atom stereocenters. The molecule has 0 saturated heterocycles. The Hall–Kier alpha value is -2.10. The Balaban J connectivity index is 1.60. The van der Waals surface area contributed by atoms with E-state index in [1.54, 1.807) is 10.9 Å². The lowest BCUT2D eigenvalue weighted by atomic mass is 9.98. The zero-order valence-corrected chi connectivity index (χ0v) is 12.4. The SMILES string of the molecule is CC(CCc1ccccc1)CC(=O)OCCn1cccn1. The first-order valence-corrected chi connectivity index (χ1v) is 7.41. The number of rotatable bonds is 8. The molecule has 0 bridgehead atoms. The van der Waals surface area contributed by atoms with Crippen molar-refractivity contribution < 1.29 is 9.53 Å². The maximum atomic E-state index is 11.7. The molecule has 0 aliphatic heterocycles. The average Bonchev–Trinajstić information content (AvgIpc) is 2.99. The van der Waals surface area contributed by atoms with Gasteiger partial charge in [-0.05, 0) is 30.4 Å². The van der Waals surface area contributed by atoms with E-state index < -0.39 is 0 Å². The van der Waals surface area contributed by atoms with Crippen LogP contribution in [0.3, 0.4) is 0 Å². The van der Waals surface area contributed by atoms with Crippen LogP contribution in [-0.4, -0.2) is 22.4 Å². The second-order valence-corrected chi connectivity index (χ2v) is 5.32. The van der Waals surface area contributed by atoms with E-state index in [9.17, 15) is 4.79 Å². The highest BCUT2D eigenvalue weighted by molar-refractivity contribution is 5.69. The normalized spacial score (nSPS) is 12.0. The Bertz CT molecular complexity index is 523. The molecule has 4 heteroatoms. The van der Waals surface area contributed by atoms with Gasteiger partial charge in [-0.15, -0.1) is 0 Å². The summed E-state index contributed by atoms with van der Waals surface area (Å²) in [6.07, 6.45) is 6.05. The van der Waals surface area contributed by atoms with Gasteiger partial charge in [0.15, 0.2) is 0 Å². The van der Waals surface area contributed by atoms with Gasteiger partial charge in [0.2, 0.25) is 0 Å². The van der Waals surface area contributed by atoms with Crippen molar-refractivity contribution in [2.75, 3.05) is 6.61 Å². The number of ether oxygens (including phenoxy) is 1. The van der Waals surface area contributed by atoms with Crippen molar-refractivity contribution in [1.29, 1.82) is 0 Å². The quantitative estimate of drug-likeness (QED) is 0.700. The minimum Gasteiger partial charge on any atom is -0.464 e. The molecule has 4 nitrogen and oxygen atoms in total. The number of hydrogen-bond acceptors (Lipinski definition) is 3. The van der Waals surface area contributed by atoms with E-state index >= 15 is 0 Å². The topological polar surface area (TPSA) is 44.1 Å². The first kappa shape index (κ1) is 15.3. The molecule has 2 rings (SSSR count). The van der Waals surface area contributed by atoms with Gasteiger partial charge in [0.05, 0.1) is 6.54 Å². The molecule has 1 aromatic heterocycles. The fourth-order valence-electron chi connectivity index (χ4n) is 2.19. The first-order valence-electron chi connectivity index (χ1n) is 7.41. The monoisotopic (exact) mass is 286 g/mol. The van der Waals surface area contributed by atoms with Gasteiger partial charge >= 0.3 is 5.97 Å². The predicted molar refractivity (Wildman–Crippen MR) is 81.7 cm³/mol. The van der Waals surface area contributed by atoms with Crippen LogP contribution >= 0.6 is 0 Å². The smallest absolute Gasteiger partial charge is 0.306 e. The van der Waals surface area contributed by atoms with Gasteiger partial charge < -0.3 is 4.74 Å². The lowest BCUT2D eigenvalue weighted by Gasteiger charge is -2.11. The summed E-state index contributed by atoms with van der Waals surface area (Å²) in [5, 5.41) is 4.06. The highest BCUT2D eigenvalue weighted by Gasteiger charge is 2.10. The molecule has 0 aliphatic carbocycles. The predicted octanol–water partition coefficient (Wildman–Crippen LogP) is 3.09. The van der Waals surface area contributed by atoms with Gasteiger partial charge in [0.25, 0.3) is 0 Å². The Labute approximate surface area is 125 Å². The zero-order chi connectivity index (χ0) is 14.9. The highest BCUT2D eigenvalue weighted by Crippen LogP contribution is 2.13. The minimum absolute atomic E-state index is 0.122. The fraction of sp³-hybridized carbons (Fsp3) is 0.412. The highest BCUT2D eigenvalue weighted by atomic mass is 16.5. The van der Waals surface area contributed by atoms with Crippen LogP contribution in [0, 0.1) is 5.92 Å². The van der Waals surface area contributed by atoms with Crippen LogP contribution < -0.4 is 0 Å². The molecule has 0 saturated carbocycles. The van der Waals surface area contributed by atoms with Crippen molar-refractivity contribution >= 4 is 5.97 Å². The third-order valence-electron chi connectivity index (χ3n) is 3.43. The Kier molecular flexibility index (Phi) is 6.00. The third kappa shape index (κ3) is 5.81. The number of carbonyl (C=O) groups is 1. The van der Waals surface area contributed by atoms with E-state index in [0.717, 1.165) is 12.8 Å². The summed E-state index contributed by atoms with van der Waals surface area (Å²) in [5.74, 6) is 0.213. The summed E-state index contributed by atoms with van der Waals surface area (Å²) in [5.41, 5.74) is 1.32. The van der Waals surface area contributed by atoms with Crippen molar-refractivity contribution in [2.45, 2.75) is 32.7 Å². The van der Waals surface area contributed by atoms with E-state index in [1.165, 1.54) is 5.56 Å². The Morgan fingerprint density at radius 1 is 1.29 bits per heavy atom. The first-order chi connectivity index (χ1) is 10.2. The standard InChI is InChI=1S/C17H22N2O2/c1-15(8-9-16-6-3-2-4-7-16)14-17(20)21-13-12-19-11-5-10-18-19/h2-7,10-11,15H,8-9,12-14H2,1H3. The van der Waals surface area contributed by atoms with E-state index in [-0.39, 0.29) is 5.97 Å². The van der Waals surface area contributed by atoms with Gasteiger partial charge in [0.1, 0.15) is 6.61 Å². The van der Waals surface area contributed by atoms with Gasteiger partial charge in [-0.25, -0.2) is 0 Å². The number of benzene rings is 1. The lowest BCUT2D eigenvalue weighted by Crippen LogP contribution is -2.14. The summed E-state index contributed by atoms with van der Waals surface area (Å²) in [6, 6.07) is 12.2. The number of carbonyl (C=O) groups excluding carboxylic acids is 1.